The summed E-state index contributed by atoms with van der Waals surface area (Å²) in [4.78, 5) is 12.7. The summed E-state index contributed by atoms with van der Waals surface area (Å²) in [6.45, 7) is 7.22. The van der Waals surface area contributed by atoms with Crippen LogP contribution in [0, 0.1) is 5.92 Å². The Labute approximate surface area is 201 Å². The van der Waals surface area contributed by atoms with Crippen LogP contribution in [0.15, 0.2) is 42.0 Å². The van der Waals surface area contributed by atoms with E-state index in [1.165, 1.54) is 11.6 Å². The van der Waals surface area contributed by atoms with Gasteiger partial charge in [-0.05, 0) is 63.8 Å². The molecule has 2 aliphatic heterocycles. The van der Waals surface area contributed by atoms with Crippen LogP contribution in [-0.2, 0) is 23.7 Å². The molecule has 1 aliphatic carbocycles. The predicted octanol–water partition coefficient (Wildman–Crippen LogP) is 3.69. The Morgan fingerprint density at radius 3 is 2.62 bits per heavy atom. The molecule has 1 aromatic carbocycles. The second-order valence-corrected chi connectivity index (χ2v) is 9.83. The highest BCUT2D eigenvalue weighted by Crippen LogP contribution is 2.59. The number of carbonyl (C=O) groups excluding carboxylic acids is 1. The second kappa shape index (κ2) is 10.2. The maximum Gasteiger partial charge on any atom is 0.331 e. The number of benzene rings is 1. The van der Waals surface area contributed by atoms with E-state index in [0.717, 1.165) is 18.4 Å². The Bertz CT molecular complexity index is 913. The van der Waals surface area contributed by atoms with E-state index in [4.69, 9.17) is 28.8 Å². The van der Waals surface area contributed by atoms with Crippen LogP contribution in [0.4, 0.5) is 0 Å². The minimum Gasteiger partial charge on any atom is -0.491 e. The molecule has 34 heavy (non-hydrogen) atoms. The summed E-state index contributed by atoms with van der Waals surface area (Å²) in [5.74, 6) is 0.268. The molecule has 186 valence electrons. The lowest BCUT2D eigenvalue weighted by Gasteiger charge is -2.42. The highest BCUT2D eigenvalue weighted by atomic mass is 16.6. The summed E-state index contributed by atoms with van der Waals surface area (Å²) in [5, 5.41) is 8.84. The van der Waals surface area contributed by atoms with E-state index in [0.29, 0.717) is 18.8 Å². The Balaban J connectivity index is 1.39. The Kier molecular flexibility index (Phi) is 7.48. The van der Waals surface area contributed by atoms with Crippen molar-refractivity contribution >= 4 is 12.0 Å². The van der Waals surface area contributed by atoms with Gasteiger partial charge in [-0.25, -0.2) is 4.79 Å². The first-order chi connectivity index (χ1) is 16.3. The lowest BCUT2D eigenvalue weighted by atomic mass is 9.68. The van der Waals surface area contributed by atoms with E-state index in [9.17, 15) is 4.79 Å². The summed E-state index contributed by atoms with van der Waals surface area (Å²) in [7, 11) is 1.67. The van der Waals surface area contributed by atoms with Gasteiger partial charge in [-0.2, -0.15) is 0 Å². The van der Waals surface area contributed by atoms with E-state index in [-0.39, 0.29) is 48.6 Å². The number of aliphatic hydroxyl groups is 1. The van der Waals surface area contributed by atoms with E-state index >= 15 is 0 Å². The van der Waals surface area contributed by atoms with Gasteiger partial charge in [-0.15, -0.1) is 0 Å². The van der Waals surface area contributed by atoms with Crippen molar-refractivity contribution < 1.29 is 33.6 Å². The highest BCUT2D eigenvalue weighted by molar-refractivity contribution is 5.87. The molecular formula is C27H36O7. The van der Waals surface area contributed by atoms with Gasteiger partial charge in [0.15, 0.2) is 0 Å². The second-order valence-electron chi connectivity index (χ2n) is 9.83. The van der Waals surface area contributed by atoms with Crippen LogP contribution in [0.3, 0.4) is 0 Å². The SMILES string of the molecule is CO[C@@H]1[C@H](OC(=O)/C=C/c2ccc(OCCO)cc2)CC[C@]2(CO2)[C@H]1[C@@]1(C)O[C@@H]1CC=C(C)C. The number of epoxide rings is 2. The van der Waals surface area contributed by atoms with Crippen molar-refractivity contribution in [2.45, 2.75) is 69.5 Å². The molecule has 0 radical (unpaired) electrons. The normalized spacial score (nSPS) is 34.1. The molecule has 0 amide bonds. The molecule has 4 rings (SSSR count). The summed E-state index contributed by atoms with van der Waals surface area (Å²) in [6.07, 6.45) is 7.20. The third kappa shape index (κ3) is 5.38. The number of allylic oxidation sites excluding steroid dienone is 1. The van der Waals surface area contributed by atoms with Gasteiger partial charge in [0.25, 0.3) is 0 Å². The molecule has 3 fully saturated rings. The van der Waals surface area contributed by atoms with Crippen molar-refractivity contribution in [3.05, 3.63) is 47.6 Å². The van der Waals surface area contributed by atoms with Gasteiger partial charge in [-0.3, -0.25) is 0 Å². The van der Waals surface area contributed by atoms with Crippen LogP contribution in [0.2, 0.25) is 0 Å². The molecule has 7 heteroatoms. The van der Waals surface area contributed by atoms with Crippen LogP contribution in [-0.4, -0.2) is 67.5 Å². The molecule has 2 heterocycles. The predicted molar refractivity (Wildman–Crippen MR) is 127 cm³/mol. The Hall–Kier alpha value is -2.19. The molecule has 3 aliphatic rings. The number of esters is 1. The van der Waals surface area contributed by atoms with Crippen LogP contribution in [0.1, 0.15) is 45.6 Å². The third-order valence-corrected chi connectivity index (χ3v) is 7.16. The van der Waals surface area contributed by atoms with Crippen molar-refractivity contribution in [3.8, 4) is 5.75 Å². The fourth-order valence-corrected chi connectivity index (χ4v) is 5.26. The monoisotopic (exact) mass is 472 g/mol. The highest BCUT2D eigenvalue weighted by Gasteiger charge is 2.72. The summed E-state index contributed by atoms with van der Waals surface area (Å²) in [6, 6.07) is 7.28. The van der Waals surface area contributed by atoms with Crippen molar-refractivity contribution in [3.63, 3.8) is 0 Å². The zero-order chi connectivity index (χ0) is 24.3. The maximum absolute atomic E-state index is 12.7. The molecule has 0 unspecified atom stereocenters. The van der Waals surface area contributed by atoms with E-state index in [1.54, 1.807) is 25.3 Å². The van der Waals surface area contributed by atoms with Crippen LogP contribution < -0.4 is 4.74 Å². The maximum atomic E-state index is 12.7. The van der Waals surface area contributed by atoms with Gasteiger partial charge in [0.1, 0.15) is 35.8 Å². The Morgan fingerprint density at radius 1 is 1.26 bits per heavy atom. The van der Waals surface area contributed by atoms with E-state index < -0.39 is 5.97 Å². The quantitative estimate of drug-likeness (QED) is 0.240. The minimum absolute atomic E-state index is 0.00237. The van der Waals surface area contributed by atoms with Gasteiger partial charge in [0.2, 0.25) is 0 Å². The Morgan fingerprint density at radius 2 is 2.00 bits per heavy atom. The largest absolute Gasteiger partial charge is 0.491 e. The van der Waals surface area contributed by atoms with Gasteiger partial charge in [-0.1, -0.05) is 23.8 Å². The molecule has 0 bridgehead atoms. The van der Waals surface area contributed by atoms with Crippen molar-refractivity contribution in [2.75, 3.05) is 26.9 Å². The van der Waals surface area contributed by atoms with Crippen molar-refractivity contribution in [1.82, 2.24) is 0 Å². The number of hydrogen-bond donors (Lipinski definition) is 1. The average Bonchev–Trinajstić information content (AvgIpc) is 3.74. The first-order valence-corrected chi connectivity index (χ1v) is 12.0. The van der Waals surface area contributed by atoms with E-state index in [2.05, 4.69) is 26.8 Å². The zero-order valence-corrected chi connectivity index (χ0v) is 20.5. The molecule has 1 aromatic rings. The fourth-order valence-electron chi connectivity index (χ4n) is 5.26. The van der Waals surface area contributed by atoms with Crippen molar-refractivity contribution in [2.24, 2.45) is 5.92 Å². The van der Waals surface area contributed by atoms with E-state index in [1.807, 2.05) is 12.1 Å². The molecular weight excluding hydrogens is 436 g/mol. The topological polar surface area (TPSA) is 90.1 Å². The molecule has 7 nitrogen and oxygen atoms in total. The van der Waals surface area contributed by atoms with Gasteiger partial charge < -0.3 is 28.8 Å². The molecule has 1 N–H and O–H groups in total. The number of rotatable bonds is 10. The standard InChI is InChI=1S/C27H36O7/c1-18(2)5-11-22-26(3,34-22)25-24(30-4)21(13-14-27(25)17-32-27)33-23(29)12-8-19-6-9-20(10-7-19)31-16-15-28/h5-10,12,21-22,24-25,28H,11,13-17H2,1-4H3/b12-8+/t21-,22-,24-,25-,26+,27+/m1/s1. The van der Waals surface area contributed by atoms with Gasteiger partial charge in [0, 0.05) is 13.2 Å². The van der Waals surface area contributed by atoms with Crippen LogP contribution >= 0.6 is 0 Å². The third-order valence-electron chi connectivity index (χ3n) is 7.16. The summed E-state index contributed by atoms with van der Waals surface area (Å²) >= 11 is 0. The fraction of sp³-hybridized carbons (Fsp3) is 0.593. The number of ether oxygens (including phenoxy) is 5. The molecule has 1 spiro atoms. The first kappa shape index (κ1) is 24.9. The first-order valence-electron chi connectivity index (χ1n) is 12.0. The lowest BCUT2D eigenvalue weighted by Crippen LogP contribution is -2.55. The number of hydrogen-bond acceptors (Lipinski definition) is 7. The number of carbonyl (C=O) groups is 1. The smallest absolute Gasteiger partial charge is 0.331 e. The molecule has 2 saturated heterocycles. The minimum atomic E-state index is -0.401. The molecule has 0 aromatic heterocycles. The summed E-state index contributed by atoms with van der Waals surface area (Å²) < 4.78 is 29.3. The average molecular weight is 473 g/mol. The molecule has 1 saturated carbocycles. The van der Waals surface area contributed by atoms with Crippen LogP contribution in [0.25, 0.3) is 6.08 Å². The number of aliphatic hydroxyl groups excluding tert-OH is 1. The van der Waals surface area contributed by atoms with Crippen LogP contribution in [0.5, 0.6) is 5.75 Å². The lowest BCUT2D eigenvalue weighted by molar-refractivity contribution is -0.166. The van der Waals surface area contributed by atoms with Crippen molar-refractivity contribution in [1.29, 1.82) is 0 Å². The molecule has 6 atom stereocenters. The summed E-state index contributed by atoms with van der Waals surface area (Å²) in [5.41, 5.74) is 1.52. The number of methoxy groups -OCH3 is 1. The van der Waals surface area contributed by atoms with Gasteiger partial charge in [0.05, 0.1) is 25.2 Å². The zero-order valence-electron chi connectivity index (χ0n) is 20.5. The van der Waals surface area contributed by atoms with Gasteiger partial charge >= 0.3 is 5.97 Å².